The lowest BCUT2D eigenvalue weighted by atomic mass is 10.1. The maximum Gasteiger partial charge on any atom is 0.333 e. The zero-order valence-electron chi connectivity index (χ0n) is 8.38. The van der Waals surface area contributed by atoms with E-state index in [2.05, 4.69) is 49.9 Å². The van der Waals surface area contributed by atoms with E-state index in [1.54, 1.807) is 6.92 Å². The van der Waals surface area contributed by atoms with E-state index in [1.807, 2.05) is 24.3 Å². The molecule has 0 fully saturated rings. The van der Waals surface area contributed by atoms with Gasteiger partial charge in [-0.3, -0.25) is 0 Å². The summed E-state index contributed by atoms with van der Waals surface area (Å²) in [6, 6.07) is 6.10. The zero-order valence-corrected chi connectivity index (χ0v) is 12.7. The van der Waals surface area contributed by atoms with Gasteiger partial charge in [0, 0.05) is 12.7 Å². The van der Waals surface area contributed by atoms with Crippen LogP contribution in [0.3, 0.4) is 0 Å². The Morgan fingerprint density at radius 2 is 2.07 bits per heavy atom. The highest BCUT2D eigenvalue weighted by Crippen LogP contribution is 2.19. The maximum absolute atomic E-state index is 11.2. The molecule has 15 heavy (non-hydrogen) atoms. The minimum Gasteiger partial charge on any atom is -0.466 e. The number of rotatable bonds is 2. The molecule has 0 radical (unpaired) electrons. The van der Waals surface area contributed by atoms with Crippen molar-refractivity contribution < 1.29 is 9.53 Å². The van der Waals surface area contributed by atoms with Gasteiger partial charge in [0.1, 0.15) is 0 Å². The van der Waals surface area contributed by atoms with E-state index in [9.17, 15) is 4.79 Å². The molecule has 0 N–H and O–H groups in total. The Bertz CT molecular complexity index is 411. The van der Waals surface area contributed by atoms with Crippen LogP contribution in [0.15, 0.2) is 23.8 Å². The van der Waals surface area contributed by atoms with Gasteiger partial charge < -0.3 is 4.74 Å². The van der Waals surface area contributed by atoms with Crippen LogP contribution in [0.5, 0.6) is 0 Å². The van der Waals surface area contributed by atoms with Gasteiger partial charge in [-0.25, -0.2) is 4.79 Å². The van der Waals surface area contributed by atoms with Gasteiger partial charge in [0.05, 0.1) is 7.11 Å². The monoisotopic (exact) mass is 428 g/mol. The van der Waals surface area contributed by atoms with Crippen LogP contribution in [0.25, 0.3) is 6.08 Å². The van der Waals surface area contributed by atoms with Gasteiger partial charge in [-0.05, 0) is 81.9 Å². The van der Waals surface area contributed by atoms with E-state index in [0.717, 1.165) is 12.7 Å². The maximum atomic E-state index is 11.2. The minimum atomic E-state index is -0.287. The van der Waals surface area contributed by atoms with Crippen LogP contribution in [-0.2, 0) is 9.53 Å². The average molecular weight is 428 g/mol. The molecule has 1 rings (SSSR count). The fraction of sp³-hybridized carbons (Fsp3) is 0.182. The van der Waals surface area contributed by atoms with Gasteiger partial charge in [0.25, 0.3) is 0 Å². The number of carbonyl (C=O) groups is 1. The SMILES string of the molecule is COC(=O)C(C)=Cc1cc(I)ccc1I. The van der Waals surface area contributed by atoms with Gasteiger partial charge in [-0.15, -0.1) is 0 Å². The third kappa shape index (κ3) is 3.75. The minimum absolute atomic E-state index is 0.287. The van der Waals surface area contributed by atoms with E-state index in [4.69, 9.17) is 0 Å². The molecule has 0 saturated carbocycles. The summed E-state index contributed by atoms with van der Waals surface area (Å²) < 4.78 is 6.91. The Balaban J connectivity index is 3.07. The Kier molecular flexibility index (Phi) is 5.04. The van der Waals surface area contributed by atoms with Crippen LogP contribution < -0.4 is 0 Å². The summed E-state index contributed by atoms with van der Waals surface area (Å²) in [4.78, 5) is 11.2. The molecule has 0 amide bonds. The van der Waals surface area contributed by atoms with Gasteiger partial charge >= 0.3 is 5.97 Å². The third-order valence-corrected chi connectivity index (χ3v) is 3.49. The molecular formula is C11H10I2O2. The van der Waals surface area contributed by atoms with E-state index in [-0.39, 0.29) is 5.97 Å². The van der Waals surface area contributed by atoms with Crippen LogP contribution in [-0.4, -0.2) is 13.1 Å². The second kappa shape index (κ2) is 5.83. The normalized spacial score (nSPS) is 11.3. The molecule has 0 aliphatic heterocycles. The fourth-order valence-corrected chi connectivity index (χ4v) is 2.08. The predicted molar refractivity (Wildman–Crippen MR) is 77.5 cm³/mol. The van der Waals surface area contributed by atoms with Crippen LogP contribution in [0.4, 0.5) is 0 Å². The van der Waals surface area contributed by atoms with Gasteiger partial charge in [-0.1, -0.05) is 0 Å². The van der Waals surface area contributed by atoms with E-state index in [1.165, 1.54) is 7.11 Å². The molecule has 0 bridgehead atoms. The molecule has 0 atom stereocenters. The predicted octanol–water partition coefficient (Wildman–Crippen LogP) is 3.47. The molecule has 0 aliphatic rings. The summed E-state index contributed by atoms with van der Waals surface area (Å²) in [5, 5.41) is 0. The zero-order chi connectivity index (χ0) is 11.4. The van der Waals surface area contributed by atoms with Crippen molar-refractivity contribution in [2.45, 2.75) is 6.92 Å². The van der Waals surface area contributed by atoms with Crippen molar-refractivity contribution in [2.75, 3.05) is 7.11 Å². The Hall–Kier alpha value is -0.110. The molecule has 4 heteroatoms. The van der Waals surface area contributed by atoms with Crippen molar-refractivity contribution in [1.29, 1.82) is 0 Å². The first kappa shape index (κ1) is 13.0. The Morgan fingerprint density at radius 1 is 1.40 bits per heavy atom. The molecule has 2 nitrogen and oxygen atoms in total. The number of halogens is 2. The highest BCUT2D eigenvalue weighted by atomic mass is 127. The summed E-state index contributed by atoms with van der Waals surface area (Å²) >= 11 is 4.49. The number of carbonyl (C=O) groups excluding carboxylic acids is 1. The van der Waals surface area contributed by atoms with Crippen LogP contribution in [0.1, 0.15) is 12.5 Å². The number of hydrogen-bond donors (Lipinski definition) is 0. The summed E-state index contributed by atoms with van der Waals surface area (Å²) in [5.74, 6) is -0.287. The third-order valence-electron chi connectivity index (χ3n) is 1.84. The molecule has 0 aliphatic carbocycles. The molecular weight excluding hydrogens is 418 g/mol. The van der Waals surface area contributed by atoms with Crippen LogP contribution in [0, 0.1) is 7.14 Å². The van der Waals surface area contributed by atoms with Crippen molar-refractivity contribution in [3.8, 4) is 0 Å². The Labute approximate surface area is 116 Å². The number of hydrogen-bond acceptors (Lipinski definition) is 2. The number of methoxy groups -OCH3 is 1. The largest absolute Gasteiger partial charge is 0.466 e. The summed E-state index contributed by atoms with van der Waals surface area (Å²) in [5.41, 5.74) is 1.66. The van der Waals surface area contributed by atoms with Crippen molar-refractivity contribution in [1.82, 2.24) is 0 Å². The first-order valence-electron chi connectivity index (χ1n) is 4.26. The lowest BCUT2D eigenvalue weighted by Gasteiger charge is -2.02. The van der Waals surface area contributed by atoms with Crippen LogP contribution in [0.2, 0.25) is 0 Å². The van der Waals surface area contributed by atoms with Crippen molar-refractivity contribution in [3.05, 3.63) is 36.5 Å². The van der Waals surface area contributed by atoms with Gasteiger partial charge in [-0.2, -0.15) is 0 Å². The fourth-order valence-electron chi connectivity index (χ4n) is 1.08. The van der Waals surface area contributed by atoms with Gasteiger partial charge in [0.15, 0.2) is 0 Å². The summed E-state index contributed by atoms with van der Waals surface area (Å²) in [7, 11) is 1.39. The van der Waals surface area contributed by atoms with Crippen molar-refractivity contribution in [2.24, 2.45) is 0 Å². The smallest absolute Gasteiger partial charge is 0.333 e. The molecule has 0 unspecified atom stereocenters. The lowest BCUT2D eigenvalue weighted by molar-refractivity contribution is -0.135. The molecule has 0 heterocycles. The summed E-state index contributed by atoms with van der Waals surface area (Å²) in [6.07, 6.45) is 1.84. The number of esters is 1. The second-order valence-electron chi connectivity index (χ2n) is 2.98. The molecule has 80 valence electrons. The average Bonchev–Trinajstić information content (AvgIpc) is 2.22. The molecule has 0 aromatic heterocycles. The van der Waals surface area contributed by atoms with E-state index >= 15 is 0 Å². The van der Waals surface area contributed by atoms with E-state index < -0.39 is 0 Å². The number of ether oxygens (including phenoxy) is 1. The molecule has 0 saturated heterocycles. The quantitative estimate of drug-likeness (QED) is 0.410. The number of benzene rings is 1. The van der Waals surface area contributed by atoms with Crippen molar-refractivity contribution in [3.63, 3.8) is 0 Å². The lowest BCUT2D eigenvalue weighted by Crippen LogP contribution is -2.01. The summed E-state index contributed by atoms with van der Waals surface area (Å²) in [6.45, 7) is 1.75. The van der Waals surface area contributed by atoms with E-state index in [0.29, 0.717) is 5.57 Å². The highest BCUT2D eigenvalue weighted by molar-refractivity contribution is 14.1. The van der Waals surface area contributed by atoms with Crippen molar-refractivity contribution >= 4 is 57.2 Å². The first-order chi connectivity index (χ1) is 7.04. The standard InChI is InChI=1S/C11H10I2O2/c1-7(11(14)15-2)5-8-6-9(12)3-4-10(8)13/h3-6H,1-2H3. The molecule has 0 spiro atoms. The topological polar surface area (TPSA) is 26.3 Å². The van der Waals surface area contributed by atoms with Gasteiger partial charge in [0.2, 0.25) is 0 Å². The van der Waals surface area contributed by atoms with Crippen LogP contribution >= 0.6 is 45.2 Å². The second-order valence-corrected chi connectivity index (χ2v) is 5.39. The Morgan fingerprint density at radius 3 is 2.67 bits per heavy atom. The highest BCUT2D eigenvalue weighted by Gasteiger charge is 2.04. The first-order valence-corrected chi connectivity index (χ1v) is 6.42. The molecule has 1 aromatic rings. The molecule has 1 aromatic carbocycles.